The number of benzene rings is 3. The summed E-state index contributed by atoms with van der Waals surface area (Å²) in [7, 11) is 1.56. The average Bonchev–Trinajstić information content (AvgIpc) is 3.07. The number of hydrogen-bond acceptors (Lipinski definition) is 4. The number of urea groups is 1. The molecule has 3 amide bonds. The minimum atomic E-state index is -0.434. The van der Waals surface area contributed by atoms with E-state index in [9.17, 15) is 9.59 Å². The molecule has 1 saturated heterocycles. The van der Waals surface area contributed by atoms with Gasteiger partial charge in [0, 0.05) is 0 Å². The smallest absolute Gasteiger partial charge is 0.329 e. The summed E-state index contributed by atoms with van der Waals surface area (Å²) in [6, 6.07) is 22.5. The molecule has 1 N–H and O–H groups in total. The number of rotatable bonds is 7. The summed E-state index contributed by atoms with van der Waals surface area (Å²) < 4.78 is 11.3. The SMILES string of the molecule is COc1cc(C=C2NC(=O)N(Cc3ccc(C)cc3)C2=O)ccc1OCc1ccccc1. The monoisotopic (exact) mass is 428 g/mol. The Bertz CT molecular complexity index is 1150. The molecule has 162 valence electrons. The van der Waals surface area contributed by atoms with Gasteiger partial charge in [0.15, 0.2) is 11.5 Å². The van der Waals surface area contributed by atoms with Crippen LogP contribution in [0, 0.1) is 6.92 Å². The van der Waals surface area contributed by atoms with Gasteiger partial charge in [-0.3, -0.25) is 9.69 Å². The highest BCUT2D eigenvalue weighted by molar-refractivity contribution is 6.13. The maximum atomic E-state index is 12.8. The summed E-state index contributed by atoms with van der Waals surface area (Å²) in [6.07, 6.45) is 1.64. The zero-order chi connectivity index (χ0) is 22.5. The Morgan fingerprint density at radius 2 is 1.66 bits per heavy atom. The van der Waals surface area contributed by atoms with E-state index in [0.29, 0.717) is 18.1 Å². The summed E-state index contributed by atoms with van der Waals surface area (Å²) >= 11 is 0. The number of nitrogens with zero attached hydrogens (tertiary/aromatic N) is 1. The number of imide groups is 1. The van der Waals surface area contributed by atoms with Crippen molar-refractivity contribution in [1.82, 2.24) is 10.2 Å². The molecule has 0 radical (unpaired) electrons. The van der Waals surface area contributed by atoms with Crippen molar-refractivity contribution in [2.45, 2.75) is 20.1 Å². The molecule has 0 unspecified atom stereocenters. The number of carbonyl (C=O) groups excluding carboxylic acids is 2. The highest BCUT2D eigenvalue weighted by Gasteiger charge is 2.33. The van der Waals surface area contributed by atoms with Crippen LogP contribution in [0.15, 0.2) is 78.5 Å². The van der Waals surface area contributed by atoms with Gasteiger partial charge in [0.05, 0.1) is 13.7 Å². The van der Waals surface area contributed by atoms with Crippen LogP contribution in [0.5, 0.6) is 11.5 Å². The molecule has 0 spiro atoms. The molecule has 0 aromatic heterocycles. The van der Waals surface area contributed by atoms with E-state index in [2.05, 4.69) is 5.32 Å². The van der Waals surface area contributed by atoms with Crippen LogP contribution in [-0.4, -0.2) is 23.9 Å². The van der Waals surface area contributed by atoms with Crippen molar-refractivity contribution in [3.8, 4) is 11.5 Å². The van der Waals surface area contributed by atoms with E-state index >= 15 is 0 Å². The molecule has 32 heavy (non-hydrogen) atoms. The number of hydrogen-bond donors (Lipinski definition) is 1. The van der Waals surface area contributed by atoms with E-state index in [0.717, 1.165) is 22.3 Å². The highest BCUT2D eigenvalue weighted by Crippen LogP contribution is 2.30. The van der Waals surface area contributed by atoms with E-state index < -0.39 is 6.03 Å². The third-order valence-electron chi connectivity index (χ3n) is 5.16. The zero-order valence-electron chi connectivity index (χ0n) is 18.0. The van der Waals surface area contributed by atoms with E-state index in [1.54, 1.807) is 25.3 Å². The first-order chi connectivity index (χ1) is 15.5. The molecular weight excluding hydrogens is 404 g/mol. The lowest BCUT2D eigenvalue weighted by Gasteiger charge is -2.12. The van der Waals surface area contributed by atoms with Crippen LogP contribution in [-0.2, 0) is 17.9 Å². The molecule has 1 heterocycles. The third-order valence-corrected chi connectivity index (χ3v) is 5.16. The second-order valence-electron chi connectivity index (χ2n) is 7.55. The van der Waals surface area contributed by atoms with Crippen LogP contribution in [0.3, 0.4) is 0 Å². The molecule has 6 nitrogen and oxygen atoms in total. The molecule has 6 heteroatoms. The number of ether oxygens (including phenoxy) is 2. The van der Waals surface area contributed by atoms with Crippen LogP contribution in [0.1, 0.15) is 22.3 Å². The average molecular weight is 428 g/mol. The molecule has 1 aliphatic rings. The quantitative estimate of drug-likeness (QED) is 0.438. The molecule has 3 aromatic carbocycles. The second-order valence-corrected chi connectivity index (χ2v) is 7.55. The summed E-state index contributed by atoms with van der Waals surface area (Å²) in [5, 5.41) is 2.66. The van der Waals surface area contributed by atoms with Crippen LogP contribution in [0.4, 0.5) is 4.79 Å². The fraction of sp³-hybridized carbons (Fsp3) is 0.154. The van der Waals surface area contributed by atoms with Gasteiger partial charge in [0.2, 0.25) is 0 Å². The topological polar surface area (TPSA) is 67.9 Å². The lowest BCUT2D eigenvalue weighted by atomic mass is 10.1. The second kappa shape index (κ2) is 9.39. The van der Waals surface area contributed by atoms with Gasteiger partial charge in [-0.1, -0.05) is 66.2 Å². The van der Waals surface area contributed by atoms with Gasteiger partial charge in [-0.2, -0.15) is 0 Å². The highest BCUT2D eigenvalue weighted by atomic mass is 16.5. The van der Waals surface area contributed by atoms with Crippen LogP contribution in [0.2, 0.25) is 0 Å². The fourth-order valence-corrected chi connectivity index (χ4v) is 3.39. The molecule has 0 bridgehead atoms. The van der Waals surface area contributed by atoms with Crippen molar-refractivity contribution in [2.24, 2.45) is 0 Å². The minimum Gasteiger partial charge on any atom is -0.493 e. The molecular formula is C26H24N2O4. The van der Waals surface area contributed by atoms with Crippen molar-refractivity contribution < 1.29 is 19.1 Å². The van der Waals surface area contributed by atoms with Crippen LogP contribution < -0.4 is 14.8 Å². The van der Waals surface area contributed by atoms with Gasteiger partial charge < -0.3 is 14.8 Å². The van der Waals surface area contributed by atoms with Gasteiger partial charge in [-0.15, -0.1) is 0 Å². The number of nitrogens with one attached hydrogen (secondary N) is 1. The van der Waals surface area contributed by atoms with Crippen LogP contribution in [0.25, 0.3) is 6.08 Å². The molecule has 0 saturated carbocycles. The number of amides is 3. The molecule has 0 aliphatic carbocycles. The predicted octanol–water partition coefficient (Wildman–Crippen LogP) is 4.68. The molecule has 1 aliphatic heterocycles. The molecule has 3 aromatic rings. The van der Waals surface area contributed by atoms with Crippen molar-refractivity contribution in [3.05, 3.63) is 101 Å². The lowest BCUT2D eigenvalue weighted by molar-refractivity contribution is -0.123. The maximum Gasteiger partial charge on any atom is 0.329 e. The van der Waals surface area contributed by atoms with Crippen molar-refractivity contribution in [3.63, 3.8) is 0 Å². The Labute approximate surface area is 187 Å². The fourth-order valence-electron chi connectivity index (χ4n) is 3.39. The van der Waals surface area contributed by atoms with Gasteiger partial charge in [0.1, 0.15) is 12.3 Å². The first kappa shape index (κ1) is 21.2. The Balaban J connectivity index is 1.48. The lowest BCUT2D eigenvalue weighted by Crippen LogP contribution is -2.30. The number of aryl methyl sites for hydroxylation is 1. The Morgan fingerprint density at radius 1 is 0.906 bits per heavy atom. The first-order valence-corrected chi connectivity index (χ1v) is 10.3. The van der Waals surface area contributed by atoms with E-state index in [1.165, 1.54) is 4.90 Å². The van der Waals surface area contributed by atoms with E-state index in [-0.39, 0.29) is 18.1 Å². The predicted molar refractivity (Wildman–Crippen MR) is 122 cm³/mol. The van der Waals surface area contributed by atoms with Crippen LogP contribution >= 0.6 is 0 Å². The summed E-state index contributed by atoms with van der Waals surface area (Å²) in [5.41, 5.74) is 4.00. The Hall–Kier alpha value is -4.06. The Morgan fingerprint density at radius 3 is 2.38 bits per heavy atom. The largest absolute Gasteiger partial charge is 0.493 e. The zero-order valence-corrected chi connectivity index (χ0v) is 18.0. The van der Waals surface area contributed by atoms with Gasteiger partial charge in [-0.05, 0) is 41.8 Å². The molecule has 1 fully saturated rings. The molecule has 0 atom stereocenters. The minimum absolute atomic E-state index is 0.220. The molecule has 4 rings (SSSR count). The summed E-state index contributed by atoms with van der Waals surface area (Å²) in [5.74, 6) is 0.781. The first-order valence-electron chi connectivity index (χ1n) is 10.3. The van der Waals surface area contributed by atoms with Crippen molar-refractivity contribution >= 4 is 18.0 Å². The van der Waals surface area contributed by atoms with Gasteiger partial charge >= 0.3 is 6.03 Å². The Kier molecular flexibility index (Phi) is 6.22. The van der Waals surface area contributed by atoms with Gasteiger partial charge in [0.25, 0.3) is 5.91 Å². The van der Waals surface area contributed by atoms with E-state index in [4.69, 9.17) is 9.47 Å². The third kappa shape index (κ3) is 4.81. The van der Waals surface area contributed by atoms with Crippen molar-refractivity contribution in [1.29, 1.82) is 0 Å². The van der Waals surface area contributed by atoms with Gasteiger partial charge in [-0.25, -0.2) is 4.79 Å². The number of carbonyl (C=O) groups is 2. The summed E-state index contributed by atoms with van der Waals surface area (Å²) in [4.78, 5) is 26.4. The summed E-state index contributed by atoms with van der Waals surface area (Å²) in [6.45, 7) is 2.63. The number of methoxy groups -OCH3 is 1. The van der Waals surface area contributed by atoms with Crippen molar-refractivity contribution in [2.75, 3.05) is 7.11 Å². The maximum absolute atomic E-state index is 12.8. The van der Waals surface area contributed by atoms with E-state index in [1.807, 2.05) is 67.6 Å². The standard InChI is InChI=1S/C26H24N2O4/c1-18-8-10-19(11-9-18)16-28-25(29)22(27-26(28)30)14-21-12-13-23(24(15-21)31-2)32-17-20-6-4-3-5-7-20/h3-15H,16-17H2,1-2H3,(H,27,30). The normalized spacial score (nSPS) is 14.6.